The summed E-state index contributed by atoms with van der Waals surface area (Å²) in [6.07, 6.45) is 2.20. The third kappa shape index (κ3) is 6.08. The third-order valence-electron chi connectivity index (χ3n) is 6.64. The molecule has 0 aliphatic heterocycles. The number of amides is 1. The smallest absolute Gasteiger partial charge is 0.245 e. The van der Waals surface area contributed by atoms with Crippen molar-refractivity contribution in [2.24, 2.45) is 5.92 Å². The summed E-state index contributed by atoms with van der Waals surface area (Å²) in [4.78, 5) is 13.5. The number of benzene rings is 3. The van der Waals surface area contributed by atoms with E-state index in [2.05, 4.69) is 26.2 Å². The first-order valence-corrected chi connectivity index (χ1v) is 12.5. The maximum Gasteiger partial charge on any atom is 0.245 e. The van der Waals surface area contributed by atoms with Gasteiger partial charge in [-0.25, -0.2) is 17.9 Å². The van der Waals surface area contributed by atoms with Gasteiger partial charge in [0, 0.05) is 19.5 Å². The van der Waals surface area contributed by atoms with Gasteiger partial charge in [0.15, 0.2) is 23.3 Å². The number of hydrogen-bond acceptors (Lipinski definition) is 5. The molecule has 10 heteroatoms. The number of nitrogens with zero attached hydrogens (tertiary/aromatic N) is 4. The Balaban J connectivity index is 1.39. The van der Waals surface area contributed by atoms with Crippen LogP contribution in [0.1, 0.15) is 47.4 Å². The van der Waals surface area contributed by atoms with Gasteiger partial charge in [-0.05, 0) is 58.0 Å². The van der Waals surface area contributed by atoms with Crippen molar-refractivity contribution in [1.82, 2.24) is 30.8 Å². The van der Waals surface area contributed by atoms with Crippen LogP contribution in [0.3, 0.4) is 0 Å². The van der Waals surface area contributed by atoms with Gasteiger partial charge in [-0.15, -0.1) is 5.10 Å². The molecular weight excluding hydrogens is 493 g/mol. The average Bonchev–Trinajstić information content (AvgIpc) is 3.66. The summed E-state index contributed by atoms with van der Waals surface area (Å²) in [5, 5.41) is 18.6. The van der Waals surface area contributed by atoms with Crippen LogP contribution < -0.4 is 10.6 Å². The van der Waals surface area contributed by atoms with E-state index in [4.69, 9.17) is 0 Å². The fourth-order valence-electron chi connectivity index (χ4n) is 4.49. The van der Waals surface area contributed by atoms with Crippen LogP contribution in [0, 0.1) is 23.4 Å². The lowest BCUT2D eigenvalue weighted by molar-refractivity contribution is -0.124. The number of rotatable bonds is 11. The van der Waals surface area contributed by atoms with Gasteiger partial charge in [0.2, 0.25) is 5.91 Å². The van der Waals surface area contributed by atoms with Crippen LogP contribution in [0.5, 0.6) is 0 Å². The Labute approximate surface area is 218 Å². The molecule has 0 bridgehead atoms. The van der Waals surface area contributed by atoms with E-state index < -0.39 is 23.5 Å². The monoisotopic (exact) mass is 520 g/mol. The molecular formula is C28H27F3N6O. The molecule has 196 valence electrons. The Hall–Kier alpha value is -4.05. The topological polar surface area (TPSA) is 84.7 Å². The quantitative estimate of drug-likeness (QED) is 0.286. The maximum atomic E-state index is 13.7. The number of hydrogen-bond donors (Lipinski definition) is 2. The number of nitrogens with one attached hydrogen (secondary N) is 2. The highest BCUT2D eigenvalue weighted by molar-refractivity contribution is 5.80. The van der Waals surface area contributed by atoms with Crippen molar-refractivity contribution in [3.63, 3.8) is 0 Å². The second-order valence-corrected chi connectivity index (χ2v) is 9.46. The van der Waals surface area contributed by atoms with Crippen LogP contribution in [-0.2, 0) is 24.3 Å². The normalized spacial score (nSPS) is 14.7. The molecule has 2 atom stereocenters. The van der Waals surface area contributed by atoms with Crippen molar-refractivity contribution in [1.29, 1.82) is 0 Å². The van der Waals surface area contributed by atoms with Gasteiger partial charge in [-0.1, -0.05) is 60.7 Å². The van der Waals surface area contributed by atoms with E-state index in [9.17, 15) is 18.0 Å². The number of aromatic nitrogens is 4. The molecule has 0 radical (unpaired) electrons. The highest BCUT2D eigenvalue weighted by Gasteiger charge is 2.38. The molecule has 5 rings (SSSR count). The van der Waals surface area contributed by atoms with Crippen LogP contribution in [0.2, 0.25) is 0 Å². The molecule has 2 N–H and O–H groups in total. The second kappa shape index (κ2) is 11.6. The highest BCUT2D eigenvalue weighted by Crippen LogP contribution is 2.41. The summed E-state index contributed by atoms with van der Waals surface area (Å²) in [7, 11) is 0. The first-order valence-electron chi connectivity index (χ1n) is 12.5. The Bertz CT molecular complexity index is 1350. The van der Waals surface area contributed by atoms with Crippen LogP contribution in [-0.4, -0.2) is 26.1 Å². The molecule has 1 amide bonds. The molecule has 0 saturated heterocycles. The van der Waals surface area contributed by atoms with Crippen molar-refractivity contribution in [2.45, 2.75) is 44.4 Å². The lowest BCUT2D eigenvalue weighted by Crippen LogP contribution is -2.36. The second-order valence-electron chi connectivity index (χ2n) is 9.46. The molecule has 1 aliphatic carbocycles. The number of tetrazole rings is 1. The first kappa shape index (κ1) is 25.6. The van der Waals surface area contributed by atoms with E-state index in [-0.39, 0.29) is 30.0 Å². The van der Waals surface area contributed by atoms with Gasteiger partial charge in [0.25, 0.3) is 0 Å². The molecule has 38 heavy (non-hydrogen) atoms. The van der Waals surface area contributed by atoms with E-state index in [1.54, 1.807) is 0 Å². The summed E-state index contributed by atoms with van der Waals surface area (Å²) >= 11 is 0. The minimum Gasteiger partial charge on any atom is -0.350 e. The Morgan fingerprint density at radius 1 is 0.895 bits per heavy atom. The van der Waals surface area contributed by atoms with E-state index in [1.807, 2.05) is 60.7 Å². The summed E-state index contributed by atoms with van der Waals surface area (Å²) in [6.45, 7) is 0.431. The molecule has 1 fully saturated rings. The van der Waals surface area contributed by atoms with E-state index in [0.29, 0.717) is 18.8 Å². The van der Waals surface area contributed by atoms with Crippen molar-refractivity contribution in [3.05, 3.63) is 113 Å². The van der Waals surface area contributed by atoms with Crippen LogP contribution >= 0.6 is 0 Å². The van der Waals surface area contributed by atoms with Crippen molar-refractivity contribution < 1.29 is 18.0 Å². The maximum absolute atomic E-state index is 13.7. The van der Waals surface area contributed by atoms with Crippen molar-refractivity contribution in [3.8, 4) is 0 Å². The molecule has 1 aromatic heterocycles. The molecule has 0 unspecified atom stereocenters. The highest BCUT2D eigenvalue weighted by atomic mass is 19.2. The predicted molar refractivity (Wildman–Crippen MR) is 134 cm³/mol. The fourth-order valence-corrected chi connectivity index (χ4v) is 4.49. The zero-order valence-electron chi connectivity index (χ0n) is 20.5. The summed E-state index contributed by atoms with van der Waals surface area (Å²) in [6, 6.07) is 20.0. The minimum absolute atomic E-state index is 0.0751. The summed E-state index contributed by atoms with van der Waals surface area (Å²) < 4.78 is 42.4. The summed E-state index contributed by atoms with van der Waals surface area (Å²) in [5.74, 6) is -3.56. The van der Waals surface area contributed by atoms with Gasteiger partial charge in [0.05, 0.1) is 6.04 Å². The largest absolute Gasteiger partial charge is 0.350 e. The van der Waals surface area contributed by atoms with E-state index >= 15 is 0 Å². The number of halogens is 3. The van der Waals surface area contributed by atoms with E-state index in [1.165, 1.54) is 4.68 Å². The minimum atomic E-state index is -1.50. The van der Waals surface area contributed by atoms with Gasteiger partial charge in [-0.2, -0.15) is 0 Å². The van der Waals surface area contributed by atoms with Gasteiger partial charge >= 0.3 is 0 Å². The van der Waals surface area contributed by atoms with Crippen molar-refractivity contribution >= 4 is 5.91 Å². The van der Waals surface area contributed by atoms with Gasteiger partial charge < -0.3 is 10.6 Å². The van der Waals surface area contributed by atoms with Gasteiger partial charge in [-0.3, -0.25) is 4.79 Å². The van der Waals surface area contributed by atoms with Crippen LogP contribution in [0.15, 0.2) is 72.8 Å². The molecule has 3 aromatic carbocycles. The molecule has 1 heterocycles. The standard InChI is InChI=1S/C28H27F3N6O/c29-22-13-20(14-23(30)25(22)31)17-32-26(21-11-12-21)27-34-35-36-37(27)24(15-18-7-3-1-4-8-18)28(38)33-16-19-9-5-2-6-10-19/h1-10,13-14,21,24,26,32H,11-12,15-17H2,(H,33,38)/t24-,26-/m0/s1. The lowest BCUT2D eigenvalue weighted by atomic mass is 10.0. The van der Waals surface area contributed by atoms with Crippen LogP contribution in [0.4, 0.5) is 13.2 Å². The number of carbonyl (C=O) groups excluding carboxylic acids is 1. The fraction of sp³-hybridized carbons (Fsp3) is 0.286. The average molecular weight is 521 g/mol. The SMILES string of the molecule is O=C(NCc1ccccc1)[C@H](Cc1ccccc1)n1nnnc1[C@@H](NCc1cc(F)c(F)c(F)c1)C1CC1. The Morgan fingerprint density at radius 3 is 2.16 bits per heavy atom. The molecule has 7 nitrogen and oxygen atoms in total. The lowest BCUT2D eigenvalue weighted by Gasteiger charge is -2.23. The first-order chi connectivity index (χ1) is 18.5. The Morgan fingerprint density at radius 2 is 1.53 bits per heavy atom. The zero-order chi connectivity index (χ0) is 26.5. The molecule has 0 spiro atoms. The Kier molecular flexibility index (Phi) is 7.78. The van der Waals surface area contributed by atoms with Crippen LogP contribution in [0.25, 0.3) is 0 Å². The molecule has 4 aromatic rings. The summed E-state index contributed by atoms with van der Waals surface area (Å²) in [5.41, 5.74) is 2.17. The number of carbonyl (C=O) groups is 1. The molecule has 1 aliphatic rings. The predicted octanol–water partition coefficient (Wildman–Crippen LogP) is 4.43. The molecule has 1 saturated carbocycles. The third-order valence-corrected chi connectivity index (χ3v) is 6.64. The zero-order valence-corrected chi connectivity index (χ0v) is 20.5. The van der Waals surface area contributed by atoms with Crippen molar-refractivity contribution in [2.75, 3.05) is 0 Å². The van der Waals surface area contributed by atoms with Gasteiger partial charge in [0.1, 0.15) is 6.04 Å². The van der Waals surface area contributed by atoms with E-state index in [0.717, 1.165) is 36.1 Å².